The highest BCUT2D eigenvalue weighted by Gasteiger charge is 2.14. The number of halogens is 1. The summed E-state index contributed by atoms with van der Waals surface area (Å²) in [5.41, 5.74) is 5.20. The number of sulfonamides is 1. The molecule has 0 saturated carbocycles. The van der Waals surface area contributed by atoms with Gasteiger partial charge in [-0.2, -0.15) is 0 Å². The molecule has 0 radical (unpaired) electrons. The van der Waals surface area contributed by atoms with E-state index in [0.717, 1.165) is 6.07 Å². The number of nitrogens with one attached hydrogen (secondary N) is 1. The lowest BCUT2D eigenvalue weighted by molar-refractivity contribution is 0.578. The summed E-state index contributed by atoms with van der Waals surface area (Å²) in [6.07, 6.45) is 4.26. The fourth-order valence-electron chi connectivity index (χ4n) is 1.20. The first-order chi connectivity index (χ1) is 7.97. The summed E-state index contributed by atoms with van der Waals surface area (Å²) in [7, 11) is -3.66. The largest absolute Gasteiger partial charge is 0.396 e. The van der Waals surface area contributed by atoms with E-state index in [2.05, 4.69) is 4.72 Å². The molecule has 94 valence electrons. The van der Waals surface area contributed by atoms with Crippen LogP contribution in [0.25, 0.3) is 0 Å². The first-order valence-electron chi connectivity index (χ1n) is 5.13. The van der Waals surface area contributed by atoms with Crippen LogP contribution in [0.4, 0.5) is 10.1 Å². The van der Waals surface area contributed by atoms with Gasteiger partial charge in [0.05, 0.1) is 10.6 Å². The minimum Gasteiger partial charge on any atom is -0.396 e. The lowest BCUT2D eigenvalue weighted by Gasteiger charge is -2.06. The van der Waals surface area contributed by atoms with E-state index in [1.165, 1.54) is 12.1 Å². The number of rotatable bonds is 5. The lowest BCUT2D eigenvalue weighted by Crippen LogP contribution is -2.24. The highest BCUT2D eigenvalue weighted by molar-refractivity contribution is 7.89. The molecule has 3 N–H and O–H groups in total. The van der Waals surface area contributed by atoms with Crippen LogP contribution in [-0.4, -0.2) is 15.0 Å². The smallest absolute Gasteiger partial charge is 0.240 e. The third-order valence-electron chi connectivity index (χ3n) is 2.12. The van der Waals surface area contributed by atoms with Crippen LogP contribution in [-0.2, 0) is 10.0 Å². The van der Waals surface area contributed by atoms with Crippen LogP contribution in [0.15, 0.2) is 35.2 Å². The van der Waals surface area contributed by atoms with E-state index < -0.39 is 15.8 Å². The fourth-order valence-corrected chi connectivity index (χ4v) is 2.26. The maximum atomic E-state index is 13.1. The molecule has 0 atom stereocenters. The van der Waals surface area contributed by atoms with Crippen molar-refractivity contribution in [3.63, 3.8) is 0 Å². The predicted molar refractivity (Wildman–Crippen MR) is 65.4 cm³/mol. The monoisotopic (exact) mass is 258 g/mol. The lowest BCUT2D eigenvalue weighted by atomic mass is 10.3. The van der Waals surface area contributed by atoms with Gasteiger partial charge in [0, 0.05) is 6.54 Å². The van der Waals surface area contributed by atoms with Crippen molar-refractivity contribution >= 4 is 15.7 Å². The molecule has 6 heteroatoms. The summed E-state index contributed by atoms with van der Waals surface area (Å²) >= 11 is 0. The molecule has 1 aromatic rings. The van der Waals surface area contributed by atoms with Crippen molar-refractivity contribution in [2.24, 2.45) is 0 Å². The van der Waals surface area contributed by atoms with Crippen molar-refractivity contribution in [2.75, 3.05) is 12.3 Å². The van der Waals surface area contributed by atoms with Crippen molar-refractivity contribution < 1.29 is 12.8 Å². The van der Waals surface area contributed by atoms with E-state index in [1.807, 2.05) is 19.1 Å². The van der Waals surface area contributed by atoms with Crippen LogP contribution in [0.5, 0.6) is 0 Å². The Labute approximate surface area is 100 Å². The Kier molecular flexibility index (Phi) is 4.65. The minimum absolute atomic E-state index is 0.0714. The first-order valence-corrected chi connectivity index (χ1v) is 6.61. The molecule has 1 aromatic carbocycles. The average Bonchev–Trinajstić information content (AvgIpc) is 2.28. The number of anilines is 1. The summed E-state index contributed by atoms with van der Waals surface area (Å²) in [6, 6.07) is 3.42. The summed E-state index contributed by atoms with van der Waals surface area (Å²) in [6.45, 7) is 2.13. The number of allylic oxidation sites excluding steroid dienone is 1. The summed E-state index contributed by atoms with van der Waals surface area (Å²) in [5.74, 6) is -0.735. The number of nitrogens with two attached hydrogens (primary N) is 1. The van der Waals surface area contributed by atoms with Crippen LogP contribution >= 0.6 is 0 Å². The van der Waals surface area contributed by atoms with E-state index in [9.17, 15) is 12.8 Å². The topological polar surface area (TPSA) is 72.2 Å². The van der Waals surface area contributed by atoms with E-state index in [4.69, 9.17) is 5.73 Å². The van der Waals surface area contributed by atoms with E-state index in [-0.39, 0.29) is 17.1 Å². The molecule has 0 unspecified atom stereocenters. The van der Waals surface area contributed by atoms with E-state index in [1.54, 1.807) is 0 Å². The summed E-state index contributed by atoms with van der Waals surface area (Å²) < 4.78 is 38.9. The average molecular weight is 258 g/mol. The second kappa shape index (κ2) is 5.79. The third-order valence-corrected chi connectivity index (χ3v) is 3.58. The van der Waals surface area contributed by atoms with Crippen LogP contribution in [0, 0.1) is 5.82 Å². The molecule has 0 amide bonds. The van der Waals surface area contributed by atoms with Crippen molar-refractivity contribution in [2.45, 2.75) is 18.2 Å². The predicted octanol–water partition coefficient (Wildman–Crippen LogP) is 1.65. The summed E-state index contributed by atoms with van der Waals surface area (Å²) in [4.78, 5) is -0.121. The van der Waals surface area contributed by atoms with Crippen molar-refractivity contribution in [1.29, 1.82) is 0 Å². The molecule has 0 aliphatic heterocycles. The van der Waals surface area contributed by atoms with Crippen molar-refractivity contribution in [3.8, 4) is 0 Å². The fraction of sp³-hybridized carbons (Fsp3) is 0.273. The van der Waals surface area contributed by atoms with Gasteiger partial charge in [-0.3, -0.25) is 0 Å². The zero-order chi connectivity index (χ0) is 12.9. The SMILES string of the molecule is C/C=C/CCNS(=O)(=O)c1ccc(N)c(F)c1. The Morgan fingerprint density at radius 1 is 1.47 bits per heavy atom. The van der Waals surface area contributed by atoms with E-state index >= 15 is 0 Å². The van der Waals surface area contributed by atoms with E-state index in [0.29, 0.717) is 6.42 Å². The maximum Gasteiger partial charge on any atom is 0.240 e. The molecule has 1 rings (SSSR count). The zero-order valence-electron chi connectivity index (χ0n) is 9.48. The van der Waals surface area contributed by atoms with Crippen LogP contribution in [0.1, 0.15) is 13.3 Å². The molecule has 0 bridgehead atoms. The molecule has 0 spiro atoms. The Hall–Kier alpha value is -1.40. The number of hydrogen-bond donors (Lipinski definition) is 2. The molecule has 0 aromatic heterocycles. The van der Waals surface area contributed by atoms with Gasteiger partial charge in [-0.05, 0) is 31.5 Å². The molecule has 0 aliphatic rings. The van der Waals surface area contributed by atoms with Gasteiger partial charge in [-0.25, -0.2) is 17.5 Å². The third kappa shape index (κ3) is 3.83. The normalized spacial score (nSPS) is 12.1. The second-order valence-electron chi connectivity index (χ2n) is 3.44. The van der Waals surface area contributed by atoms with Crippen LogP contribution in [0.2, 0.25) is 0 Å². The standard InChI is InChI=1S/C11H15FN2O2S/c1-2-3-4-7-14-17(15,16)9-5-6-11(13)10(12)8-9/h2-3,5-6,8,14H,4,7,13H2,1H3/b3-2+. The van der Waals surface area contributed by atoms with Gasteiger partial charge < -0.3 is 5.73 Å². The van der Waals surface area contributed by atoms with Crippen molar-refractivity contribution in [1.82, 2.24) is 4.72 Å². The highest BCUT2D eigenvalue weighted by Crippen LogP contribution is 2.15. The number of benzene rings is 1. The molecule has 0 saturated heterocycles. The quantitative estimate of drug-likeness (QED) is 0.479. The van der Waals surface area contributed by atoms with Gasteiger partial charge in [-0.15, -0.1) is 0 Å². The van der Waals surface area contributed by atoms with Gasteiger partial charge >= 0.3 is 0 Å². The molecular weight excluding hydrogens is 243 g/mol. The molecule has 0 heterocycles. The number of nitrogen functional groups attached to an aromatic ring is 1. The Bertz CT molecular complexity index is 512. The first kappa shape index (κ1) is 13.7. The molecule has 17 heavy (non-hydrogen) atoms. The Balaban J connectivity index is 2.79. The van der Waals surface area contributed by atoms with Gasteiger partial charge in [0.15, 0.2) is 0 Å². The van der Waals surface area contributed by atoms with Gasteiger partial charge in [0.2, 0.25) is 10.0 Å². The Morgan fingerprint density at radius 2 is 2.18 bits per heavy atom. The maximum absolute atomic E-state index is 13.1. The molecule has 0 aliphatic carbocycles. The second-order valence-corrected chi connectivity index (χ2v) is 5.21. The zero-order valence-corrected chi connectivity index (χ0v) is 10.3. The molecule has 4 nitrogen and oxygen atoms in total. The van der Waals surface area contributed by atoms with Crippen molar-refractivity contribution in [3.05, 3.63) is 36.2 Å². The summed E-state index contributed by atoms with van der Waals surface area (Å²) in [5, 5.41) is 0. The van der Waals surface area contributed by atoms with Gasteiger partial charge in [0.1, 0.15) is 5.82 Å². The minimum atomic E-state index is -3.66. The molecular formula is C11H15FN2O2S. The number of hydrogen-bond acceptors (Lipinski definition) is 3. The van der Waals surface area contributed by atoms with Gasteiger partial charge in [-0.1, -0.05) is 12.2 Å². The van der Waals surface area contributed by atoms with Gasteiger partial charge in [0.25, 0.3) is 0 Å². The Morgan fingerprint density at radius 3 is 2.76 bits per heavy atom. The highest BCUT2D eigenvalue weighted by atomic mass is 32.2. The van der Waals surface area contributed by atoms with Crippen LogP contribution in [0.3, 0.4) is 0 Å². The molecule has 0 fully saturated rings. The van der Waals surface area contributed by atoms with Crippen LogP contribution < -0.4 is 10.5 Å².